The highest BCUT2D eigenvalue weighted by Gasteiger charge is 2.24. The predicted molar refractivity (Wildman–Crippen MR) is 69.3 cm³/mol. The van der Waals surface area contributed by atoms with Crippen LogP contribution in [0.4, 0.5) is 5.82 Å². The Bertz CT molecular complexity index is 437. The van der Waals surface area contributed by atoms with E-state index in [1.54, 1.807) is 12.3 Å². The molecule has 1 aliphatic heterocycles. The number of aromatic nitrogens is 1. The highest BCUT2D eigenvalue weighted by molar-refractivity contribution is 9.10. The maximum Gasteiger partial charge on any atom is 0.341 e. The lowest BCUT2D eigenvalue weighted by Gasteiger charge is -2.19. The minimum Gasteiger partial charge on any atom is -0.465 e. The SMILES string of the molecule is COC(=O)c1cc(Br)cnc1N1CCC(C)C1. The van der Waals surface area contributed by atoms with Crippen molar-refractivity contribution in [3.63, 3.8) is 0 Å². The Hall–Kier alpha value is -1.10. The van der Waals surface area contributed by atoms with E-state index in [1.807, 2.05) is 0 Å². The van der Waals surface area contributed by atoms with Crippen LogP contribution in [0, 0.1) is 5.92 Å². The lowest BCUT2D eigenvalue weighted by atomic mass is 10.2. The Kier molecular flexibility index (Phi) is 3.66. The number of halogens is 1. The minimum atomic E-state index is -0.339. The first-order valence-electron chi connectivity index (χ1n) is 5.60. The molecule has 0 spiro atoms. The summed E-state index contributed by atoms with van der Waals surface area (Å²) < 4.78 is 5.58. The molecule has 0 radical (unpaired) electrons. The van der Waals surface area contributed by atoms with Gasteiger partial charge in [-0.2, -0.15) is 0 Å². The van der Waals surface area contributed by atoms with Crippen molar-refractivity contribution >= 4 is 27.7 Å². The molecule has 0 saturated carbocycles. The monoisotopic (exact) mass is 298 g/mol. The average Bonchev–Trinajstić information content (AvgIpc) is 2.74. The van der Waals surface area contributed by atoms with Crippen molar-refractivity contribution in [1.29, 1.82) is 0 Å². The standard InChI is InChI=1S/C12H15BrN2O2/c1-8-3-4-15(7-8)11-10(12(16)17-2)5-9(13)6-14-11/h5-6,8H,3-4,7H2,1-2H3. The molecule has 2 heterocycles. The second-order valence-electron chi connectivity index (χ2n) is 4.36. The molecule has 17 heavy (non-hydrogen) atoms. The molecule has 0 amide bonds. The third-order valence-corrected chi connectivity index (χ3v) is 3.40. The van der Waals surface area contributed by atoms with Crippen LogP contribution < -0.4 is 4.90 Å². The van der Waals surface area contributed by atoms with Crippen LogP contribution in [0.5, 0.6) is 0 Å². The summed E-state index contributed by atoms with van der Waals surface area (Å²) >= 11 is 3.33. The fourth-order valence-corrected chi connectivity index (χ4v) is 2.40. The molecule has 1 aromatic rings. The Balaban J connectivity index is 2.35. The van der Waals surface area contributed by atoms with Crippen molar-refractivity contribution in [2.75, 3.05) is 25.1 Å². The lowest BCUT2D eigenvalue weighted by Crippen LogP contribution is -2.23. The van der Waals surface area contributed by atoms with Gasteiger partial charge >= 0.3 is 5.97 Å². The first kappa shape index (κ1) is 12.4. The van der Waals surface area contributed by atoms with Crippen LogP contribution in [0.3, 0.4) is 0 Å². The van der Waals surface area contributed by atoms with E-state index in [2.05, 4.69) is 32.7 Å². The van der Waals surface area contributed by atoms with E-state index in [0.29, 0.717) is 11.5 Å². The Morgan fingerprint density at radius 3 is 3.00 bits per heavy atom. The zero-order valence-corrected chi connectivity index (χ0v) is 11.5. The number of rotatable bonds is 2. The van der Waals surface area contributed by atoms with Crippen molar-refractivity contribution in [1.82, 2.24) is 4.98 Å². The van der Waals surface area contributed by atoms with Gasteiger partial charge in [-0.15, -0.1) is 0 Å². The maximum atomic E-state index is 11.7. The first-order chi connectivity index (χ1) is 8.11. The van der Waals surface area contributed by atoms with Crippen molar-refractivity contribution in [2.45, 2.75) is 13.3 Å². The van der Waals surface area contributed by atoms with Gasteiger partial charge in [0.2, 0.25) is 0 Å². The number of anilines is 1. The molecule has 92 valence electrons. The number of pyridine rings is 1. The van der Waals surface area contributed by atoms with E-state index in [9.17, 15) is 4.79 Å². The van der Waals surface area contributed by atoms with Crippen molar-refractivity contribution in [2.24, 2.45) is 5.92 Å². The van der Waals surface area contributed by atoms with Crippen LogP contribution >= 0.6 is 15.9 Å². The average molecular weight is 299 g/mol. The van der Waals surface area contributed by atoms with Gasteiger partial charge in [0, 0.05) is 23.8 Å². The van der Waals surface area contributed by atoms with E-state index >= 15 is 0 Å². The molecule has 0 bridgehead atoms. The highest BCUT2D eigenvalue weighted by Crippen LogP contribution is 2.27. The smallest absolute Gasteiger partial charge is 0.341 e. The van der Waals surface area contributed by atoms with E-state index in [4.69, 9.17) is 4.74 Å². The Morgan fingerprint density at radius 2 is 2.41 bits per heavy atom. The fourth-order valence-electron chi connectivity index (χ4n) is 2.07. The van der Waals surface area contributed by atoms with Gasteiger partial charge in [0.15, 0.2) is 0 Å². The summed E-state index contributed by atoms with van der Waals surface area (Å²) in [5.41, 5.74) is 0.524. The second-order valence-corrected chi connectivity index (χ2v) is 5.27. The van der Waals surface area contributed by atoms with Gasteiger partial charge in [0.25, 0.3) is 0 Å². The zero-order chi connectivity index (χ0) is 12.4. The molecule has 5 heteroatoms. The van der Waals surface area contributed by atoms with Gasteiger partial charge in [0.1, 0.15) is 11.4 Å². The largest absolute Gasteiger partial charge is 0.465 e. The van der Waals surface area contributed by atoms with Crippen molar-refractivity contribution in [3.8, 4) is 0 Å². The third kappa shape index (κ3) is 2.60. The summed E-state index contributed by atoms with van der Waals surface area (Å²) in [6.45, 7) is 4.09. The molecule has 1 aromatic heterocycles. The number of carbonyl (C=O) groups is 1. The molecule has 1 saturated heterocycles. The Morgan fingerprint density at radius 1 is 1.65 bits per heavy atom. The number of methoxy groups -OCH3 is 1. The summed E-state index contributed by atoms with van der Waals surface area (Å²) in [7, 11) is 1.39. The summed E-state index contributed by atoms with van der Waals surface area (Å²) in [5, 5.41) is 0. The number of hydrogen-bond donors (Lipinski definition) is 0. The number of carbonyl (C=O) groups excluding carboxylic acids is 1. The lowest BCUT2D eigenvalue weighted by molar-refractivity contribution is 0.0601. The summed E-state index contributed by atoms with van der Waals surface area (Å²) in [6.07, 6.45) is 2.85. The molecule has 1 fully saturated rings. The van der Waals surface area contributed by atoms with Gasteiger partial charge in [-0.3, -0.25) is 0 Å². The number of hydrogen-bond acceptors (Lipinski definition) is 4. The van der Waals surface area contributed by atoms with Gasteiger partial charge in [-0.1, -0.05) is 6.92 Å². The van der Waals surface area contributed by atoms with E-state index in [0.717, 1.165) is 29.8 Å². The number of ether oxygens (including phenoxy) is 1. The molecular formula is C12H15BrN2O2. The quantitative estimate of drug-likeness (QED) is 0.787. The minimum absolute atomic E-state index is 0.339. The van der Waals surface area contributed by atoms with E-state index in [1.165, 1.54) is 7.11 Å². The molecule has 4 nitrogen and oxygen atoms in total. The van der Waals surface area contributed by atoms with Crippen LogP contribution in [0.15, 0.2) is 16.7 Å². The number of esters is 1. The maximum absolute atomic E-state index is 11.7. The third-order valence-electron chi connectivity index (χ3n) is 2.96. The van der Waals surface area contributed by atoms with Crippen LogP contribution in [0.1, 0.15) is 23.7 Å². The van der Waals surface area contributed by atoms with Gasteiger partial charge in [0.05, 0.1) is 7.11 Å². The van der Waals surface area contributed by atoms with Crippen LogP contribution in [0.2, 0.25) is 0 Å². The molecule has 1 atom stereocenters. The summed E-state index contributed by atoms with van der Waals surface area (Å²) in [4.78, 5) is 18.2. The predicted octanol–water partition coefficient (Wildman–Crippen LogP) is 2.48. The molecule has 0 aliphatic carbocycles. The molecular weight excluding hydrogens is 284 g/mol. The molecule has 2 rings (SSSR count). The second kappa shape index (κ2) is 5.04. The van der Waals surface area contributed by atoms with Gasteiger partial charge in [-0.25, -0.2) is 9.78 Å². The van der Waals surface area contributed by atoms with Crippen molar-refractivity contribution in [3.05, 3.63) is 22.3 Å². The van der Waals surface area contributed by atoms with Crippen molar-refractivity contribution < 1.29 is 9.53 Å². The number of nitrogens with zero attached hydrogens (tertiary/aromatic N) is 2. The summed E-state index contributed by atoms with van der Waals surface area (Å²) in [5.74, 6) is 1.03. The van der Waals surface area contributed by atoms with Crippen LogP contribution in [0.25, 0.3) is 0 Å². The summed E-state index contributed by atoms with van der Waals surface area (Å²) in [6, 6.07) is 1.76. The topological polar surface area (TPSA) is 42.4 Å². The molecule has 1 unspecified atom stereocenters. The molecule has 0 N–H and O–H groups in total. The molecule has 0 aromatic carbocycles. The van der Waals surface area contributed by atoms with E-state index in [-0.39, 0.29) is 5.97 Å². The van der Waals surface area contributed by atoms with Gasteiger partial charge in [-0.05, 0) is 34.3 Å². The fraction of sp³-hybridized carbons (Fsp3) is 0.500. The van der Waals surface area contributed by atoms with Gasteiger partial charge < -0.3 is 9.64 Å². The van der Waals surface area contributed by atoms with E-state index < -0.39 is 0 Å². The molecule has 1 aliphatic rings. The normalized spacial score (nSPS) is 19.5. The Labute approximate surface area is 109 Å². The highest BCUT2D eigenvalue weighted by atomic mass is 79.9. The van der Waals surface area contributed by atoms with Crippen LogP contribution in [-0.4, -0.2) is 31.2 Å². The van der Waals surface area contributed by atoms with Crippen LogP contribution in [-0.2, 0) is 4.74 Å². The zero-order valence-electron chi connectivity index (χ0n) is 9.94. The first-order valence-corrected chi connectivity index (χ1v) is 6.40.